The molecule has 0 saturated heterocycles. The minimum atomic E-state index is -0.456. The zero-order chi connectivity index (χ0) is 21.3. The van der Waals surface area contributed by atoms with Crippen LogP contribution in [0.1, 0.15) is 22.3 Å². The Morgan fingerprint density at radius 1 is 1.10 bits per heavy atom. The minimum Gasteiger partial charge on any atom is -0.488 e. The molecule has 7 nitrogen and oxygen atoms in total. The third-order valence-electron chi connectivity index (χ3n) is 4.11. The highest BCUT2D eigenvalue weighted by atomic mass is 79.9. The molecule has 0 aliphatic carbocycles. The number of nitrogens with zero attached hydrogens (tertiary/aromatic N) is 3. The molecule has 0 heterocycles. The number of non-ortho nitro benzene ring substituents is 1. The molecule has 0 bridgehead atoms. The molecule has 3 aromatic carbocycles. The highest BCUT2D eigenvalue weighted by Crippen LogP contribution is 2.23. The quantitative estimate of drug-likeness (QED) is 0.253. The van der Waals surface area contributed by atoms with E-state index in [9.17, 15) is 15.4 Å². The first-order chi connectivity index (χ1) is 14.6. The molecule has 0 saturated carbocycles. The summed E-state index contributed by atoms with van der Waals surface area (Å²) in [6.45, 7) is 0.332. The number of nitriles is 1. The van der Waals surface area contributed by atoms with Crippen LogP contribution in [0, 0.1) is 21.4 Å². The van der Waals surface area contributed by atoms with Crippen molar-refractivity contribution in [3.05, 3.63) is 104 Å². The topological polar surface area (TPSA) is 97.8 Å². The summed E-state index contributed by atoms with van der Waals surface area (Å²) in [5.41, 5.74) is 2.66. The van der Waals surface area contributed by atoms with Gasteiger partial charge in [-0.2, -0.15) is 5.26 Å². The molecule has 0 amide bonds. The maximum absolute atomic E-state index is 10.8. The summed E-state index contributed by atoms with van der Waals surface area (Å²) in [7, 11) is 0. The van der Waals surface area contributed by atoms with Crippen LogP contribution in [0.4, 0.5) is 5.69 Å². The molecule has 0 atom stereocenters. The van der Waals surface area contributed by atoms with Gasteiger partial charge < -0.3 is 9.57 Å². The third kappa shape index (κ3) is 5.65. The number of hydrogen-bond donors (Lipinski definition) is 0. The number of rotatable bonds is 8. The van der Waals surface area contributed by atoms with Crippen LogP contribution in [0.2, 0.25) is 0 Å². The van der Waals surface area contributed by atoms with Crippen LogP contribution in [0.25, 0.3) is 0 Å². The fourth-order valence-electron chi connectivity index (χ4n) is 2.63. The van der Waals surface area contributed by atoms with Crippen LogP contribution < -0.4 is 4.74 Å². The fraction of sp³-hybridized carbons (Fsp3) is 0.0909. The van der Waals surface area contributed by atoms with E-state index in [2.05, 4.69) is 27.2 Å². The summed E-state index contributed by atoms with van der Waals surface area (Å²) in [5.74, 6) is 0.577. The summed E-state index contributed by atoms with van der Waals surface area (Å²) in [5, 5.41) is 24.0. The second kappa shape index (κ2) is 10.2. The molecule has 3 aromatic rings. The lowest BCUT2D eigenvalue weighted by Crippen LogP contribution is -2.00. The van der Waals surface area contributed by atoms with Crippen molar-refractivity contribution < 1.29 is 14.5 Å². The molecule has 8 heteroatoms. The van der Waals surface area contributed by atoms with E-state index in [4.69, 9.17) is 9.57 Å². The standard InChI is InChI=1S/C22H16BrN3O4/c23-20-8-9-22(29-15-18-6-2-1-5-17(18)12-24)19(11-20)13-25-30-14-16-4-3-7-21(10-16)26(27)28/h1-11,13H,14-15H2/b25-13-. The SMILES string of the molecule is N#Cc1ccccc1COc1ccc(Br)cc1/C=N\OCc1cccc([N+](=O)[O-])c1. The zero-order valence-electron chi connectivity index (χ0n) is 15.7. The van der Waals surface area contributed by atoms with Crippen LogP contribution in [0.15, 0.2) is 76.4 Å². The van der Waals surface area contributed by atoms with Gasteiger partial charge in [0, 0.05) is 27.7 Å². The fourth-order valence-corrected chi connectivity index (χ4v) is 3.01. The first kappa shape index (κ1) is 21.0. The molecule has 3 rings (SSSR count). The Labute approximate surface area is 181 Å². The highest BCUT2D eigenvalue weighted by Gasteiger charge is 2.07. The number of nitro groups is 1. The van der Waals surface area contributed by atoms with Gasteiger partial charge in [-0.15, -0.1) is 0 Å². The smallest absolute Gasteiger partial charge is 0.269 e. The van der Waals surface area contributed by atoms with Gasteiger partial charge in [0.05, 0.1) is 22.8 Å². The molecule has 0 N–H and O–H groups in total. The van der Waals surface area contributed by atoms with E-state index in [0.717, 1.165) is 10.0 Å². The lowest BCUT2D eigenvalue weighted by molar-refractivity contribution is -0.384. The van der Waals surface area contributed by atoms with Crippen LogP contribution in [-0.4, -0.2) is 11.1 Å². The van der Waals surface area contributed by atoms with Gasteiger partial charge in [-0.25, -0.2) is 0 Å². The normalized spacial score (nSPS) is 10.5. The van der Waals surface area contributed by atoms with Gasteiger partial charge in [0.25, 0.3) is 5.69 Å². The summed E-state index contributed by atoms with van der Waals surface area (Å²) in [6, 6.07) is 21.0. The zero-order valence-corrected chi connectivity index (χ0v) is 17.3. The molecule has 0 unspecified atom stereocenters. The van der Waals surface area contributed by atoms with Crippen LogP contribution >= 0.6 is 15.9 Å². The van der Waals surface area contributed by atoms with Crippen molar-refractivity contribution in [3.63, 3.8) is 0 Å². The first-order valence-electron chi connectivity index (χ1n) is 8.86. The van der Waals surface area contributed by atoms with Crippen LogP contribution in [-0.2, 0) is 18.1 Å². The summed E-state index contributed by atoms with van der Waals surface area (Å²) in [6.07, 6.45) is 1.51. The van der Waals surface area contributed by atoms with Crippen LogP contribution in [0.3, 0.4) is 0 Å². The number of benzene rings is 3. The lowest BCUT2D eigenvalue weighted by Gasteiger charge is -2.10. The van der Waals surface area contributed by atoms with Crippen molar-refractivity contribution >= 4 is 27.8 Å². The van der Waals surface area contributed by atoms with Gasteiger partial charge in [-0.1, -0.05) is 51.4 Å². The Kier molecular flexibility index (Phi) is 7.14. The Hall–Kier alpha value is -3.70. The van der Waals surface area contributed by atoms with Gasteiger partial charge in [-0.05, 0) is 29.8 Å². The van der Waals surface area contributed by atoms with Gasteiger partial charge in [0.1, 0.15) is 19.0 Å². The molecule has 0 aliphatic heterocycles. The van der Waals surface area contributed by atoms with Crippen molar-refractivity contribution in [2.45, 2.75) is 13.2 Å². The van der Waals surface area contributed by atoms with Crippen LogP contribution in [0.5, 0.6) is 5.75 Å². The average molecular weight is 466 g/mol. The largest absolute Gasteiger partial charge is 0.488 e. The highest BCUT2D eigenvalue weighted by molar-refractivity contribution is 9.10. The van der Waals surface area contributed by atoms with Gasteiger partial charge in [0.15, 0.2) is 0 Å². The van der Waals surface area contributed by atoms with E-state index in [1.54, 1.807) is 30.3 Å². The van der Waals surface area contributed by atoms with Crippen molar-refractivity contribution in [1.82, 2.24) is 0 Å². The summed E-state index contributed by atoms with van der Waals surface area (Å²) in [4.78, 5) is 15.7. The second-order valence-corrected chi connectivity index (χ2v) is 7.09. The number of nitro benzene ring substituents is 1. The van der Waals surface area contributed by atoms with E-state index in [1.165, 1.54) is 18.3 Å². The number of ether oxygens (including phenoxy) is 1. The minimum absolute atomic E-state index is 0.000376. The molecule has 150 valence electrons. The molecule has 0 spiro atoms. The summed E-state index contributed by atoms with van der Waals surface area (Å²) < 4.78 is 6.72. The molecule has 0 aromatic heterocycles. The molecular formula is C22H16BrN3O4. The van der Waals surface area contributed by atoms with Gasteiger partial charge >= 0.3 is 0 Å². The van der Waals surface area contributed by atoms with Gasteiger partial charge in [-0.3, -0.25) is 10.1 Å². The Morgan fingerprint density at radius 3 is 2.73 bits per heavy atom. The van der Waals surface area contributed by atoms with Crippen molar-refractivity contribution in [1.29, 1.82) is 5.26 Å². The Bertz CT molecular complexity index is 1130. The average Bonchev–Trinajstić information content (AvgIpc) is 2.76. The lowest BCUT2D eigenvalue weighted by atomic mass is 10.1. The number of hydrogen-bond acceptors (Lipinski definition) is 6. The van der Waals surface area contributed by atoms with E-state index in [1.807, 2.05) is 24.3 Å². The first-order valence-corrected chi connectivity index (χ1v) is 9.65. The molecule has 0 aliphatic rings. The van der Waals surface area contributed by atoms with Crippen molar-refractivity contribution in [2.75, 3.05) is 0 Å². The Balaban J connectivity index is 1.67. The predicted molar refractivity (Wildman–Crippen MR) is 115 cm³/mol. The third-order valence-corrected chi connectivity index (χ3v) is 4.61. The number of oxime groups is 1. The van der Waals surface area contributed by atoms with E-state index >= 15 is 0 Å². The van der Waals surface area contributed by atoms with Gasteiger partial charge in [0.2, 0.25) is 0 Å². The van der Waals surface area contributed by atoms with Crippen molar-refractivity contribution in [3.8, 4) is 11.8 Å². The molecule has 0 fully saturated rings. The van der Waals surface area contributed by atoms with E-state index in [0.29, 0.717) is 22.4 Å². The maximum Gasteiger partial charge on any atom is 0.269 e. The second-order valence-electron chi connectivity index (χ2n) is 6.17. The molecule has 0 radical (unpaired) electrons. The van der Waals surface area contributed by atoms with Crippen molar-refractivity contribution in [2.24, 2.45) is 5.16 Å². The predicted octanol–water partition coefficient (Wildman–Crippen LogP) is 5.36. The maximum atomic E-state index is 10.8. The number of halogens is 1. The Morgan fingerprint density at radius 2 is 1.93 bits per heavy atom. The van der Waals surface area contributed by atoms with E-state index in [-0.39, 0.29) is 18.9 Å². The monoisotopic (exact) mass is 465 g/mol. The molecular weight excluding hydrogens is 450 g/mol. The molecule has 30 heavy (non-hydrogen) atoms. The van der Waals surface area contributed by atoms with E-state index < -0.39 is 4.92 Å². The summed E-state index contributed by atoms with van der Waals surface area (Å²) >= 11 is 3.42.